The van der Waals surface area contributed by atoms with Gasteiger partial charge in [-0.1, -0.05) is 37.1 Å². The van der Waals surface area contributed by atoms with Crippen LogP contribution in [0, 0.1) is 0 Å². The molecule has 0 bridgehead atoms. The van der Waals surface area contributed by atoms with Crippen LogP contribution in [-0.4, -0.2) is 39.4 Å². The number of nitrogens with one attached hydrogen (secondary N) is 1. The first-order chi connectivity index (χ1) is 15.0. The van der Waals surface area contributed by atoms with Crippen LogP contribution in [0.3, 0.4) is 0 Å². The molecule has 7 heteroatoms. The molecule has 1 atom stereocenters. The monoisotopic (exact) mass is 442 g/mol. The molecule has 1 fully saturated rings. The van der Waals surface area contributed by atoms with Gasteiger partial charge in [-0.25, -0.2) is 13.1 Å². The number of ether oxygens (including phenoxy) is 1. The Morgan fingerprint density at radius 3 is 2.52 bits per heavy atom. The van der Waals surface area contributed by atoms with E-state index in [2.05, 4.69) is 10.8 Å². The Balaban J connectivity index is 1.62. The molecular formula is C24H30N2O4S. The molecule has 0 saturated carbocycles. The lowest BCUT2D eigenvalue weighted by molar-refractivity contribution is 0.0758. The average Bonchev–Trinajstić information content (AvgIpc) is 3.08. The topological polar surface area (TPSA) is 75.7 Å². The largest absolute Gasteiger partial charge is 0.496 e. The van der Waals surface area contributed by atoms with Crippen LogP contribution in [0.15, 0.2) is 47.4 Å². The average molecular weight is 443 g/mol. The molecule has 2 aliphatic rings. The molecule has 1 aliphatic carbocycles. The first-order valence-electron chi connectivity index (χ1n) is 11.1. The highest BCUT2D eigenvalue weighted by Gasteiger charge is 2.28. The van der Waals surface area contributed by atoms with Crippen LogP contribution in [0.25, 0.3) is 0 Å². The maximum Gasteiger partial charge on any atom is 0.257 e. The van der Waals surface area contributed by atoms with Crippen molar-refractivity contribution in [2.24, 2.45) is 0 Å². The Morgan fingerprint density at radius 1 is 1.03 bits per heavy atom. The molecule has 1 unspecified atom stereocenters. The van der Waals surface area contributed by atoms with Crippen LogP contribution in [0.2, 0.25) is 0 Å². The molecule has 0 spiro atoms. The van der Waals surface area contributed by atoms with Crippen molar-refractivity contribution in [2.75, 3.05) is 20.2 Å². The summed E-state index contributed by atoms with van der Waals surface area (Å²) in [4.78, 5) is 15.1. The number of methoxy groups -OCH3 is 1. The molecule has 0 aromatic heterocycles. The second-order valence-electron chi connectivity index (χ2n) is 8.33. The second kappa shape index (κ2) is 9.40. The van der Waals surface area contributed by atoms with E-state index in [0.29, 0.717) is 24.4 Å². The Hall–Kier alpha value is -2.38. The first kappa shape index (κ1) is 21.8. The minimum Gasteiger partial charge on any atom is -0.496 e. The number of hydrogen-bond acceptors (Lipinski definition) is 4. The fourth-order valence-electron chi connectivity index (χ4n) is 4.60. The fraction of sp³-hybridized carbons (Fsp3) is 0.458. The van der Waals surface area contributed by atoms with E-state index in [-0.39, 0.29) is 16.8 Å². The van der Waals surface area contributed by atoms with Crippen LogP contribution in [0.1, 0.15) is 66.1 Å². The number of hydrogen-bond donors (Lipinski definition) is 1. The summed E-state index contributed by atoms with van der Waals surface area (Å²) in [6.07, 6.45) is 6.82. The van der Waals surface area contributed by atoms with E-state index < -0.39 is 10.0 Å². The van der Waals surface area contributed by atoms with Crippen molar-refractivity contribution in [3.63, 3.8) is 0 Å². The summed E-state index contributed by atoms with van der Waals surface area (Å²) in [5, 5.41) is 0. The van der Waals surface area contributed by atoms with E-state index in [1.807, 2.05) is 23.1 Å². The molecule has 6 nitrogen and oxygen atoms in total. The zero-order valence-corrected chi connectivity index (χ0v) is 18.8. The number of fused-ring (bicyclic) bond motifs is 1. The van der Waals surface area contributed by atoms with Crippen LogP contribution in [-0.2, 0) is 16.4 Å². The number of carbonyl (C=O) groups excluding carboxylic acids is 1. The van der Waals surface area contributed by atoms with Gasteiger partial charge in [0, 0.05) is 19.1 Å². The van der Waals surface area contributed by atoms with Gasteiger partial charge >= 0.3 is 0 Å². The van der Waals surface area contributed by atoms with Crippen LogP contribution in [0.4, 0.5) is 0 Å². The van der Waals surface area contributed by atoms with Gasteiger partial charge in [0.2, 0.25) is 10.0 Å². The number of benzene rings is 2. The molecule has 1 N–H and O–H groups in total. The Morgan fingerprint density at radius 2 is 1.77 bits per heavy atom. The molecule has 1 aliphatic heterocycles. The number of aryl methyl sites for hydroxylation is 1. The minimum absolute atomic E-state index is 0.0922. The molecule has 2 aromatic carbocycles. The van der Waals surface area contributed by atoms with Gasteiger partial charge in [-0.05, 0) is 61.4 Å². The normalized spacial score (nSPS) is 19.4. The summed E-state index contributed by atoms with van der Waals surface area (Å²) >= 11 is 0. The number of nitrogens with zero attached hydrogens (tertiary/aromatic N) is 1. The molecule has 2 aromatic rings. The van der Waals surface area contributed by atoms with Gasteiger partial charge in [0.1, 0.15) is 5.75 Å². The molecule has 31 heavy (non-hydrogen) atoms. The highest BCUT2D eigenvalue weighted by atomic mass is 32.2. The summed E-state index contributed by atoms with van der Waals surface area (Å²) in [6.45, 7) is 1.38. The van der Waals surface area contributed by atoms with Gasteiger partial charge in [0.15, 0.2) is 0 Å². The van der Waals surface area contributed by atoms with Crippen molar-refractivity contribution in [1.29, 1.82) is 0 Å². The maximum atomic E-state index is 13.2. The molecule has 4 rings (SSSR count). The molecular weight excluding hydrogens is 412 g/mol. The van der Waals surface area contributed by atoms with Crippen molar-refractivity contribution in [3.05, 3.63) is 59.2 Å². The smallest absolute Gasteiger partial charge is 0.257 e. The zero-order valence-electron chi connectivity index (χ0n) is 18.0. The summed E-state index contributed by atoms with van der Waals surface area (Å²) in [5.41, 5.74) is 2.52. The van der Waals surface area contributed by atoms with Crippen LogP contribution < -0.4 is 9.46 Å². The highest BCUT2D eigenvalue weighted by molar-refractivity contribution is 7.89. The van der Waals surface area contributed by atoms with E-state index >= 15 is 0 Å². The first-order valence-corrected chi connectivity index (χ1v) is 12.6. The molecule has 0 radical (unpaired) electrons. The Labute approximate surface area is 184 Å². The predicted octanol–water partition coefficient (Wildman–Crippen LogP) is 4.07. The van der Waals surface area contributed by atoms with E-state index in [1.54, 1.807) is 6.07 Å². The van der Waals surface area contributed by atoms with Crippen LogP contribution in [0.5, 0.6) is 5.75 Å². The third-order valence-electron chi connectivity index (χ3n) is 6.27. The van der Waals surface area contributed by atoms with Gasteiger partial charge in [-0.15, -0.1) is 0 Å². The van der Waals surface area contributed by atoms with Crippen molar-refractivity contribution < 1.29 is 17.9 Å². The Kier molecular flexibility index (Phi) is 6.62. The maximum absolute atomic E-state index is 13.2. The minimum atomic E-state index is -3.80. The molecule has 166 valence electrons. The fourth-order valence-corrected chi connectivity index (χ4v) is 5.87. The summed E-state index contributed by atoms with van der Waals surface area (Å²) in [6, 6.07) is 12.3. The van der Waals surface area contributed by atoms with Crippen molar-refractivity contribution >= 4 is 15.9 Å². The molecule has 1 saturated heterocycles. The standard InChI is InChI=1S/C24H30N2O4S/c1-30-23-14-13-19(17-21(23)24(27)26-15-6-2-3-7-16-26)31(28,29)25-22-12-8-10-18-9-4-5-11-20(18)22/h4-5,9,11,13-14,17,22,25H,2-3,6-8,10,12,15-16H2,1H3. The second-order valence-corrected chi connectivity index (χ2v) is 10.0. The highest BCUT2D eigenvalue weighted by Crippen LogP contribution is 2.32. The SMILES string of the molecule is COc1ccc(S(=O)(=O)NC2CCCc3ccccc32)cc1C(=O)N1CCCCCC1. The van der Waals surface area contributed by atoms with Gasteiger partial charge in [-0.3, -0.25) is 4.79 Å². The lowest BCUT2D eigenvalue weighted by Gasteiger charge is -2.26. The van der Waals surface area contributed by atoms with Gasteiger partial charge in [0.25, 0.3) is 5.91 Å². The summed E-state index contributed by atoms with van der Waals surface area (Å²) in [5.74, 6) is 0.232. The number of sulfonamides is 1. The Bertz CT molecular complexity index is 1040. The zero-order chi connectivity index (χ0) is 21.8. The van der Waals surface area contributed by atoms with E-state index in [9.17, 15) is 13.2 Å². The third-order valence-corrected chi connectivity index (χ3v) is 7.74. The quantitative estimate of drug-likeness (QED) is 0.757. The summed E-state index contributed by atoms with van der Waals surface area (Å²) < 4.78 is 34.7. The van der Waals surface area contributed by atoms with E-state index in [4.69, 9.17) is 4.74 Å². The molecule has 1 amide bonds. The van der Waals surface area contributed by atoms with Crippen LogP contribution >= 0.6 is 0 Å². The predicted molar refractivity (Wildman–Crippen MR) is 120 cm³/mol. The third kappa shape index (κ3) is 4.77. The number of rotatable bonds is 5. The van der Waals surface area contributed by atoms with E-state index in [0.717, 1.165) is 50.5 Å². The number of carbonyl (C=O) groups is 1. The van der Waals surface area contributed by atoms with Crippen molar-refractivity contribution in [3.8, 4) is 5.75 Å². The summed E-state index contributed by atoms with van der Waals surface area (Å²) in [7, 11) is -2.30. The van der Waals surface area contributed by atoms with E-state index in [1.165, 1.54) is 24.8 Å². The van der Waals surface area contributed by atoms with Crippen molar-refractivity contribution in [1.82, 2.24) is 9.62 Å². The lowest BCUT2D eigenvalue weighted by atomic mass is 9.88. The van der Waals surface area contributed by atoms with Gasteiger partial charge in [0.05, 0.1) is 17.6 Å². The van der Waals surface area contributed by atoms with Gasteiger partial charge < -0.3 is 9.64 Å². The number of likely N-dealkylation sites (tertiary alicyclic amines) is 1. The van der Waals surface area contributed by atoms with Crippen molar-refractivity contribution in [2.45, 2.75) is 55.9 Å². The number of amides is 1. The molecule has 1 heterocycles. The van der Waals surface area contributed by atoms with Gasteiger partial charge in [-0.2, -0.15) is 0 Å². The lowest BCUT2D eigenvalue weighted by Crippen LogP contribution is -2.33.